The minimum atomic E-state index is -0.782. The van der Waals surface area contributed by atoms with Crippen LogP contribution in [0.1, 0.15) is 63.1 Å². The fourth-order valence-corrected chi connectivity index (χ4v) is 6.20. The highest BCUT2D eigenvalue weighted by molar-refractivity contribution is 9.10. The van der Waals surface area contributed by atoms with Gasteiger partial charge in [0.2, 0.25) is 5.91 Å². The first-order valence-corrected chi connectivity index (χ1v) is 14.6. The Hall–Kier alpha value is -2.42. The maximum Gasteiger partial charge on any atom is 0.328 e. The molecule has 1 aliphatic carbocycles. The van der Waals surface area contributed by atoms with Gasteiger partial charge in [-0.1, -0.05) is 58.4 Å². The molecule has 1 atom stereocenters. The molecule has 4 amide bonds. The van der Waals surface area contributed by atoms with E-state index < -0.39 is 5.54 Å². The van der Waals surface area contributed by atoms with E-state index in [0.29, 0.717) is 19.4 Å². The quantitative estimate of drug-likeness (QED) is 0.376. The van der Waals surface area contributed by atoms with Gasteiger partial charge >= 0.3 is 6.03 Å². The standard InChI is InChI=1S/C30H37BrN4O3.ClH/c1-21(2)35-29(38)34(20-22-8-12-25(31)13-9-22)28(37)30(35)15-18-33(19-16-30)17-14-26(23-6-4-3-5-7-23)32-27(36)24-10-11-24;/h3-9,12-13,21,24,26H,10-11,14-20H2,1-2H3,(H,32,36);1H/t26-;/m0./s1. The van der Waals surface area contributed by atoms with Gasteiger partial charge in [0.15, 0.2) is 0 Å². The lowest BCUT2D eigenvalue weighted by Crippen LogP contribution is -2.58. The molecule has 7 nitrogen and oxygen atoms in total. The summed E-state index contributed by atoms with van der Waals surface area (Å²) in [5, 5.41) is 3.27. The Morgan fingerprint density at radius 3 is 2.26 bits per heavy atom. The molecular weight excluding hydrogens is 580 g/mol. The van der Waals surface area contributed by atoms with Crippen molar-refractivity contribution in [3.05, 3.63) is 70.2 Å². The maximum absolute atomic E-state index is 13.8. The molecule has 1 N–H and O–H groups in total. The zero-order valence-corrected chi connectivity index (χ0v) is 25.0. The van der Waals surface area contributed by atoms with Crippen molar-refractivity contribution in [3.63, 3.8) is 0 Å². The summed E-state index contributed by atoms with van der Waals surface area (Å²) in [6, 6.07) is 17.7. The van der Waals surface area contributed by atoms with Crippen LogP contribution >= 0.6 is 28.3 Å². The van der Waals surface area contributed by atoms with Gasteiger partial charge in [-0.3, -0.25) is 14.5 Å². The van der Waals surface area contributed by atoms with Crippen LogP contribution in [0.5, 0.6) is 0 Å². The average Bonchev–Trinajstić information content (AvgIpc) is 3.74. The molecule has 9 heteroatoms. The van der Waals surface area contributed by atoms with E-state index in [2.05, 4.69) is 38.3 Å². The molecule has 3 aliphatic rings. The summed E-state index contributed by atoms with van der Waals surface area (Å²) in [5.41, 5.74) is 1.28. The van der Waals surface area contributed by atoms with Crippen LogP contribution in [0, 0.1) is 5.92 Å². The van der Waals surface area contributed by atoms with Crippen molar-refractivity contribution >= 4 is 46.2 Å². The third-order valence-electron chi connectivity index (χ3n) is 8.20. The van der Waals surface area contributed by atoms with Gasteiger partial charge in [-0.05, 0) is 69.2 Å². The summed E-state index contributed by atoms with van der Waals surface area (Å²) < 4.78 is 0.967. The second-order valence-corrected chi connectivity index (χ2v) is 12.1. The van der Waals surface area contributed by atoms with Gasteiger partial charge in [0.25, 0.3) is 5.91 Å². The summed E-state index contributed by atoms with van der Waals surface area (Å²) in [5.74, 6) is 0.256. The topological polar surface area (TPSA) is 73.0 Å². The molecule has 2 aliphatic heterocycles. The van der Waals surface area contributed by atoms with Crippen molar-refractivity contribution in [1.29, 1.82) is 0 Å². The van der Waals surface area contributed by atoms with Crippen molar-refractivity contribution in [2.75, 3.05) is 19.6 Å². The molecule has 2 aromatic rings. The molecule has 5 rings (SSSR count). The number of likely N-dealkylation sites (tertiary alicyclic amines) is 1. The first-order chi connectivity index (χ1) is 18.3. The highest BCUT2D eigenvalue weighted by Gasteiger charge is 2.58. The first kappa shape index (κ1) is 29.6. The smallest absolute Gasteiger partial charge is 0.328 e. The highest BCUT2D eigenvalue weighted by Crippen LogP contribution is 2.40. The highest BCUT2D eigenvalue weighted by atomic mass is 79.9. The zero-order valence-electron chi connectivity index (χ0n) is 22.6. The molecule has 1 spiro atoms. The number of piperidine rings is 1. The predicted octanol–water partition coefficient (Wildman–Crippen LogP) is 5.54. The van der Waals surface area contributed by atoms with Crippen molar-refractivity contribution in [2.45, 2.75) is 70.1 Å². The van der Waals surface area contributed by atoms with Gasteiger partial charge in [0.05, 0.1) is 12.6 Å². The number of hydrogen-bond donors (Lipinski definition) is 1. The molecule has 39 heavy (non-hydrogen) atoms. The van der Waals surface area contributed by atoms with E-state index in [4.69, 9.17) is 0 Å². The van der Waals surface area contributed by atoms with E-state index >= 15 is 0 Å². The van der Waals surface area contributed by atoms with E-state index in [1.165, 1.54) is 4.90 Å². The Labute approximate surface area is 245 Å². The molecule has 1 saturated carbocycles. The van der Waals surface area contributed by atoms with E-state index in [1.54, 1.807) is 0 Å². The van der Waals surface area contributed by atoms with Gasteiger partial charge in [0.1, 0.15) is 5.54 Å². The van der Waals surface area contributed by atoms with Crippen LogP contribution in [-0.4, -0.2) is 63.8 Å². The number of amides is 4. The molecule has 2 saturated heterocycles. The Kier molecular flexibility index (Phi) is 9.40. The molecule has 2 heterocycles. The third kappa shape index (κ3) is 6.34. The van der Waals surface area contributed by atoms with Gasteiger partial charge in [-0.15, -0.1) is 12.4 Å². The lowest BCUT2D eigenvalue weighted by molar-refractivity contribution is -0.136. The number of benzene rings is 2. The van der Waals surface area contributed by atoms with E-state index in [1.807, 2.05) is 61.2 Å². The molecular formula is C30H38BrClN4O3. The van der Waals surface area contributed by atoms with Crippen LogP contribution in [0.25, 0.3) is 0 Å². The van der Waals surface area contributed by atoms with Crippen LogP contribution in [-0.2, 0) is 16.1 Å². The number of halogens is 2. The van der Waals surface area contributed by atoms with Crippen molar-refractivity contribution in [3.8, 4) is 0 Å². The number of rotatable bonds is 9. The van der Waals surface area contributed by atoms with E-state index in [9.17, 15) is 14.4 Å². The van der Waals surface area contributed by atoms with E-state index in [0.717, 1.165) is 54.5 Å². The van der Waals surface area contributed by atoms with Crippen molar-refractivity contribution in [1.82, 2.24) is 20.0 Å². The molecule has 210 valence electrons. The summed E-state index contributed by atoms with van der Waals surface area (Å²) in [6.07, 6.45) is 4.03. The number of nitrogens with one attached hydrogen (secondary N) is 1. The fourth-order valence-electron chi connectivity index (χ4n) is 5.94. The Balaban J connectivity index is 0.00000353. The monoisotopic (exact) mass is 616 g/mol. The number of hydrogen-bond acceptors (Lipinski definition) is 4. The minimum absolute atomic E-state index is 0. The summed E-state index contributed by atoms with van der Waals surface area (Å²) >= 11 is 3.45. The molecule has 2 aromatic carbocycles. The van der Waals surface area contributed by atoms with Crippen LogP contribution < -0.4 is 5.32 Å². The minimum Gasteiger partial charge on any atom is -0.349 e. The number of imide groups is 1. The van der Waals surface area contributed by atoms with Gasteiger partial charge in [-0.2, -0.15) is 0 Å². The fraction of sp³-hybridized carbons (Fsp3) is 0.500. The second kappa shape index (κ2) is 12.4. The summed E-state index contributed by atoms with van der Waals surface area (Å²) in [7, 11) is 0. The number of urea groups is 1. The van der Waals surface area contributed by atoms with Crippen LogP contribution in [0.15, 0.2) is 59.1 Å². The molecule has 3 fully saturated rings. The summed E-state index contributed by atoms with van der Waals surface area (Å²) in [6.45, 7) is 6.59. The number of carbonyl (C=O) groups excluding carboxylic acids is 3. The molecule has 0 unspecified atom stereocenters. The number of carbonyl (C=O) groups is 3. The average molecular weight is 618 g/mol. The normalized spacial score (nSPS) is 19.9. The maximum atomic E-state index is 13.8. The van der Waals surface area contributed by atoms with E-state index in [-0.39, 0.29) is 48.3 Å². The lowest BCUT2D eigenvalue weighted by Gasteiger charge is -2.44. The van der Waals surface area contributed by atoms with Crippen molar-refractivity contribution < 1.29 is 14.4 Å². The second-order valence-electron chi connectivity index (χ2n) is 11.2. The van der Waals surface area contributed by atoms with Crippen LogP contribution in [0.4, 0.5) is 4.79 Å². The van der Waals surface area contributed by atoms with Crippen LogP contribution in [0.2, 0.25) is 0 Å². The molecule has 0 bridgehead atoms. The third-order valence-corrected chi connectivity index (χ3v) is 8.72. The van der Waals surface area contributed by atoms with Gasteiger partial charge in [0, 0.05) is 36.1 Å². The van der Waals surface area contributed by atoms with Crippen molar-refractivity contribution in [2.24, 2.45) is 5.92 Å². The predicted molar refractivity (Wildman–Crippen MR) is 157 cm³/mol. The van der Waals surface area contributed by atoms with Gasteiger partial charge < -0.3 is 15.1 Å². The Morgan fingerprint density at radius 1 is 1.03 bits per heavy atom. The van der Waals surface area contributed by atoms with Crippen LogP contribution in [0.3, 0.4) is 0 Å². The Bertz CT molecular complexity index is 1160. The van der Waals surface area contributed by atoms with Gasteiger partial charge in [-0.25, -0.2) is 4.79 Å². The Morgan fingerprint density at radius 2 is 1.67 bits per heavy atom. The lowest BCUT2D eigenvalue weighted by atomic mass is 9.84. The zero-order chi connectivity index (χ0) is 26.9. The molecule has 0 radical (unpaired) electrons. The SMILES string of the molecule is CC(C)N1C(=O)N(Cc2ccc(Br)cc2)C(=O)C12CCN(CC[C@H](NC(=O)C1CC1)c1ccccc1)CC2.Cl. The first-order valence-electron chi connectivity index (χ1n) is 13.8. The number of nitrogens with zero attached hydrogens (tertiary/aromatic N) is 3. The molecule has 0 aromatic heterocycles. The largest absolute Gasteiger partial charge is 0.349 e. The summed E-state index contributed by atoms with van der Waals surface area (Å²) in [4.78, 5) is 45.5.